The van der Waals surface area contributed by atoms with E-state index in [1.807, 2.05) is 0 Å². The van der Waals surface area contributed by atoms with E-state index in [1.54, 1.807) is 0 Å². The molecule has 0 spiro atoms. The third-order valence-corrected chi connectivity index (χ3v) is 2.93. The lowest BCUT2D eigenvalue weighted by Gasteiger charge is -2.20. The number of rotatable bonds is 3. The van der Waals surface area contributed by atoms with Crippen LogP contribution in [0, 0.1) is 0 Å². The summed E-state index contributed by atoms with van der Waals surface area (Å²) >= 11 is 0. The zero-order valence-electron chi connectivity index (χ0n) is 5.06. The van der Waals surface area contributed by atoms with Crippen molar-refractivity contribution in [1.82, 2.24) is 0 Å². The molecule has 0 aliphatic carbocycles. The van der Waals surface area contributed by atoms with Gasteiger partial charge in [-0.05, 0) is 21.5 Å². The normalized spacial score (nSPS) is 17.1. The predicted molar refractivity (Wildman–Crippen MR) is 38.6 cm³/mol. The van der Waals surface area contributed by atoms with Crippen molar-refractivity contribution in [2.75, 3.05) is 0 Å². The molecule has 1 atom stereocenters. The lowest BCUT2D eigenvalue weighted by atomic mass is 10.4. The summed E-state index contributed by atoms with van der Waals surface area (Å²) in [6, 6.07) is 0. The molecule has 0 bridgehead atoms. The van der Waals surface area contributed by atoms with Gasteiger partial charge in [0.25, 0.3) is 0 Å². The van der Waals surface area contributed by atoms with E-state index in [0.717, 1.165) is 0 Å². The molecule has 0 fully saturated rings. The first-order valence-corrected chi connectivity index (χ1v) is 5.18. The summed E-state index contributed by atoms with van der Waals surface area (Å²) < 4.78 is 47.6. The molecule has 0 saturated carbocycles. The van der Waals surface area contributed by atoms with E-state index >= 15 is 0 Å². The topological polar surface area (TPSA) is 37.3 Å². The zero-order valence-corrected chi connectivity index (χ0v) is 7.45. The molecule has 0 rings (SSSR count). The van der Waals surface area contributed by atoms with Crippen LogP contribution in [-0.4, -0.2) is 22.3 Å². The van der Waals surface area contributed by atoms with Crippen molar-refractivity contribution in [3.05, 3.63) is 0 Å². The van der Waals surface area contributed by atoms with Crippen LogP contribution >= 0.6 is 31.5 Å². The monoisotopic (exact) mass is 244 g/mol. The molecular weight excluding hydrogens is 244 g/mol. The van der Waals surface area contributed by atoms with Gasteiger partial charge in [0.2, 0.25) is 0 Å². The average Bonchev–Trinajstić information content (AvgIpc) is 1.85. The van der Waals surface area contributed by atoms with Crippen molar-refractivity contribution in [2.24, 2.45) is 0 Å². The Balaban J connectivity index is 4.75. The number of halogens is 5. The molecule has 12 heavy (non-hydrogen) atoms. The van der Waals surface area contributed by atoms with Crippen molar-refractivity contribution in [2.45, 2.75) is 11.2 Å². The van der Waals surface area contributed by atoms with Gasteiger partial charge in [-0.3, -0.25) is 0 Å². The minimum absolute atomic E-state index is 0.123. The maximum atomic E-state index is 12.6. The highest BCUT2D eigenvalue weighted by atomic mass is 35.7. The van der Waals surface area contributed by atoms with Gasteiger partial charge in [-0.15, -0.1) is 0 Å². The largest absolute Gasteiger partial charge is 0.478 e. The second-order valence-electron chi connectivity index (χ2n) is 1.54. The van der Waals surface area contributed by atoms with Crippen LogP contribution in [0.3, 0.4) is 0 Å². The fourth-order valence-corrected chi connectivity index (χ4v) is 2.04. The zero-order chi connectivity index (χ0) is 9.99. The summed E-state index contributed by atoms with van der Waals surface area (Å²) in [5.74, 6) is -2.62. The summed E-state index contributed by atoms with van der Waals surface area (Å²) in [6.45, 7) is 0. The Labute approximate surface area is 76.5 Å². The van der Waals surface area contributed by atoms with Crippen LogP contribution in [0.25, 0.3) is 0 Å². The van der Waals surface area contributed by atoms with Crippen molar-refractivity contribution in [3.8, 4) is 0 Å². The highest BCUT2D eigenvalue weighted by molar-refractivity contribution is 8.85. The standard InChI is InChI=1S/C3HClF4O2S2/c4-12-11-2(5,1(9)10)3(6,7)8/h(H,9,10). The van der Waals surface area contributed by atoms with Crippen LogP contribution in [0.1, 0.15) is 0 Å². The molecule has 72 valence electrons. The lowest BCUT2D eigenvalue weighted by Crippen LogP contribution is -2.44. The van der Waals surface area contributed by atoms with Gasteiger partial charge in [0.15, 0.2) is 0 Å². The molecule has 9 heteroatoms. The maximum absolute atomic E-state index is 12.6. The highest BCUT2D eigenvalue weighted by Crippen LogP contribution is 2.49. The molecule has 0 aromatic heterocycles. The first kappa shape index (κ1) is 12.2. The number of hydrogen-bond acceptors (Lipinski definition) is 3. The van der Waals surface area contributed by atoms with E-state index < -0.39 is 27.9 Å². The number of alkyl halides is 4. The Hall–Kier alpha value is 0.180. The maximum Gasteiger partial charge on any atom is 0.444 e. The quantitative estimate of drug-likeness (QED) is 0.612. The summed E-state index contributed by atoms with van der Waals surface area (Å²) in [5.41, 5.74) is 0. The number of aliphatic carboxylic acids is 1. The molecule has 0 amide bonds. The van der Waals surface area contributed by atoms with Gasteiger partial charge in [-0.25, -0.2) is 9.18 Å². The first-order valence-electron chi connectivity index (χ1n) is 2.21. The van der Waals surface area contributed by atoms with E-state index in [9.17, 15) is 22.4 Å². The van der Waals surface area contributed by atoms with E-state index in [1.165, 1.54) is 0 Å². The molecule has 0 radical (unpaired) electrons. The van der Waals surface area contributed by atoms with E-state index in [0.29, 0.717) is 0 Å². The van der Waals surface area contributed by atoms with Gasteiger partial charge < -0.3 is 5.11 Å². The van der Waals surface area contributed by atoms with Crippen LogP contribution in [0.15, 0.2) is 0 Å². The van der Waals surface area contributed by atoms with Crippen LogP contribution in [-0.2, 0) is 4.79 Å². The molecule has 0 aliphatic rings. The molecule has 0 aromatic rings. The predicted octanol–water partition coefficient (Wildman–Crippen LogP) is 2.83. The van der Waals surface area contributed by atoms with Gasteiger partial charge in [-0.1, -0.05) is 0 Å². The lowest BCUT2D eigenvalue weighted by molar-refractivity contribution is -0.207. The Morgan fingerprint density at radius 2 is 1.75 bits per heavy atom. The van der Waals surface area contributed by atoms with Gasteiger partial charge in [0.05, 0.1) is 0 Å². The van der Waals surface area contributed by atoms with E-state index in [-0.39, 0.29) is 10.0 Å². The SMILES string of the molecule is O=C(O)C(F)(SSCl)C(F)(F)F. The van der Waals surface area contributed by atoms with Crippen LogP contribution in [0.2, 0.25) is 0 Å². The fourth-order valence-electron chi connectivity index (χ4n) is 0.248. The third kappa shape index (κ3) is 2.33. The third-order valence-electron chi connectivity index (χ3n) is 0.786. The molecule has 0 saturated heterocycles. The van der Waals surface area contributed by atoms with Gasteiger partial charge >= 0.3 is 17.1 Å². The number of carbonyl (C=O) groups is 1. The Morgan fingerprint density at radius 3 is 1.83 bits per heavy atom. The molecule has 1 unspecified atom stereocenters. The van der Waals surface area contributed by atoms with Crippen LogP contribution in [0.4, 0.5) is 17.6 Å². The van der Waals surface area contributed by atoms with Crippen molar-refractivity contribution < 1.29 is 27.5 Å². The minimum Gasteiger partial charge on any atom is -0.478 e. The molecule has 0 aliphatic heterocycles. The summed E-state index contributed by atoms with van der Waals surface area (Å²) in [7, 11) is 3.97. The Kier molecular flexibility index (Phi) is 3.98. The molecule has 2 nitrogen and oxygen atoms in total. The number of hydrogen-bond donors (Lipinski definition) is 1. The van der Waals surface area contributed by atoms with Gasteiger partial charge in [0, 0.05) is 10.0 Å². The van der Waals surface area contributed by atoms with E-state index in [2.05, 4.69) is 0 Å². The second-order valence-corrected chi connectivity index (χ2v) is 4.41. The summed E-state index contributed by atoms with van der Waals surface area (Å²) in [4.78, 5) is 9.87. The molecule has 1 N–H and O–H groups in total. The highest BCUT2D eigenvalue weighted by Gasteiger charge is 2.63. The minimum atomic E-state index is -5.48. The molecule has 0 aromatic carbocycles. The molecular formula is C3HClF4O2S2. The van der Waals surface area contributed by atoms with Crippen LogP contribution < -0.4 is 0 Å². The van der Waals surface area contributed by atoms with Gasteiger partial charge in [0.1, 0.15) is 0 Å². The molecule has 0 heterocycles. The summed E-state index contributed by atoms with van der Waals surface area (Å²) in [6.07, 6.45) is -5.48. The Bertz CT molecular complexity index is 186. The first-order chi connectivity index (χ1) is 5.25. The smallest absolute Gasteiger partial charge is 0.444 e. The van der Waals surface area contributed by atoms with E-state index in [4.69, 9.17) is 15.8 Å². The van der Waals surface area contributed by atoms with Crippen LogP contribution in [0.5, 0.6) is 0 Å². The van der Waals surface area contributed by atoms with Crippen molar-refractivity contribution >= 4 is 37.5 Å². The number of carboxylic acid groups (broad SMARTS) is 1. The van der Waals surface area contributed by atoms with Crippen molar-refractivity contribution in [3.63, 3.8) is 0 Å². The summed E-state index contributed by atoms with van der Waals surface area (Å²) in [5, 5.41) is 3.56. The fraction of sp³-hybridized carbons (Fsp3) is 0.667. The van der Waals surface area contributed by atoms with Crippen molar-refractivity contribution in [1.29, 1.82) is 0 Å². The Morgan fingerprint density at radius 1 is 1.33 bits per heavy atom. The average molecular weight is 245 g/mol. The second kappa shape index (κ2) is 3.93. The number of carboxylic acids is 1. The van der Waals surface area contributed by atoms with Gasteiger partial charge in [-0.2, -0.15) is 13.2 Å².